The third kappa shape index (κ3) is 8.00. The topological polar surface area (TPSA) is 52.3 Å². The second-order valence-electron chi connectivity index (χ2n) is 9.97. The average molecular weight is 340 g/mol. The fourth-order valence-corrected chi connectivity index (χ4v) is 3.66. The van der Waals surface area contributed by atoms with E-state index in [1.807, 2.05) is 0 Å². The summed E-state index contributed by atoms with van der Waals surface area (Å²) in [7, 11) is 0. The molecule has 1 aliphatic rings. The lowest BCUT2D eigenvalue weighted by atomic mass is 9.69. The van der Waals surface area contributed by atoms with Crippen LogP contribution in [0, 0.1) is 22.7 Å². The summed E-state index contributed by atoms with van der Waals surface area (Å²) >= 11 is 0. The van der Waals surface area contributed by atoms with Crippen molar-refractivity contribution in [2.24, 2.45) is 28.4 Å². The van der Waals surface area contributed by atoms with Crippen LogP contribution in [0.2, 0.25) is 0 Å². The van der Waals surface area contributed by atoms with E-state index in [0.29, 0.717) is 17.9 Å². The highest BCUT2D eigenvalue weighted by atomic mass is 16.5. The van der Waals surface area contributed by atoms with Gasteiger partial charge in [-0.25, -0.2) is 0 Å². The Morgan fingerprint density at radius 1 is 1.08 bits per heavy atom. The molecule has 2 N–H and O–H groups in total. The van der Waals surface area contributed by atoms with Crippen molar-refractivity contribution in [1.82, 2.24) is 0 Å². The van der Waals surface area contributed by atoms with Crippen molar-refractivity contribution >= 4 is 5.97 Å². The van der Waals surface area contributed by atoms with E-state index in [-0.39, 0.29) is 11.4 Å². The fraction of sp³-hybridized carbons (Fsp3) is 0.952. The molecule has 24 heavy (non-hydrogen) atoms. The average Bonchev–Trinajstić information content (AvgIpc) is 2.48. The zero-order valence-corrected chi connectivity index (χ0v) is 17.0. The molecule has 0 aromatic carbocycles. The molecule has 0 saturated heterocycles. The van der Waals surface area contributed by atoms with Crippen molar-refractivity contribution in [3.8, 4) is 0 Å². The number of ether oxygens (including phenoxy) is 1. The highest BCUT2D eigenvalue weighted by Crippen LogP contribution is 2.40. The zero-order valence-electron chi connectivity index (χ0n) is 17.0. The maximum Gasteiger partial charge on any atom is 0.322 e. The minimum Gasteiger partial charge on any atom is -0.464 e. The van der Waals surface area contributed by atoms with E-state index in [9.17, 15) is 4.79 Å². The van der Waals surface area contributed by atoms with E-state index < -0.39 is 6.04 Å². The molecule has 1 rings (SSSR count). The second-order valence-corrected chi connectivity index (χ2v) is 9.97. The molecule has 142 valence electrons. The lowest BCUT2D eigenvalue weighted by Gasteiger charge is -2.38. The molecule has 0 aromatic rings. The third-order valence-corrected chi connectivity index (χ3v) is 5.70. The van der Waals surface area contributed by atoms with Crippen molar-refractivity contribution in [3.63, 3.8) is 0 Å². The Labute approximate surface area is 150 Å². The first-order valence-corrected chi connectivity index (χ1v) is 9.93. The highest BCUT2D eigenvalue weighted by Gasteiger charge is 2.33. The van der Waals surface area contributed by atoms with Crippen LogP contribution >= 0.6 is 0 Å². The standard InChI is InChI=1S/C21H41NO2/c1-16-10-12-17(13-11-16)21(5,6)15-24-19(23)18(22)9-7-8-14-20(2,3)4/h16-18H,7-15,22H2,1-6H3. The van der Waals surface area contributed by atoms with E-state index >= 15 is 0 Å². The number of carbonyl (C=O) groups is 1. The quantitative estimate of drug-likeness (QED) is 0.481. The van der Waals surface area contributed by atoms with Gasteiger partial charge < -0.3 is 10.5 Å². The summed E-state index contributed by atoms with van der Waals surface area (Å²) in [6.45, 7) is 14.0. The summed E-state index contributed by atoms with van der Waals surface area (Å²) in [6, 6.07) is -0.466. The van der Waals surface area contributed by atoms with Crippen LogP contribution in [0.5, 0.6) is 0 Å². The van der Waals surface area contributed by atoms with Gasteiger partial charge in [-0.1, -0.05) is 67.2 Å². The van der Waals surface area contributed by atoms with E-state index in [0.717, 1.165) is 25.2 Å². The van der Waals surface area contributed by atoms with Crippen LogP contribution in [0.4, 0.5) is 0 Å². The molecule has 1 unspecified atom stereocenters. The monoisotopic (exact) mass is 339 g/mol. The van der Waals surface area contributed by atoms with E-state index in [1.165, 1.54) is 32.1 Å². The molecule has 0 aliphatic heterocycles. The third-order valence-electron chi connectivity index (χ3n) is 5.70. The molecule has 0 spiro atoms. The molecule has 0 bridgehead atoms. The summed E-state index contributed by atoms with van der Waals surface area (Å²) in [6.07, 6.45) is 9.13. The summed E-state index contributed by atoms with van der Waals surface area (Å²) < 4.78 is 5.58. The molecule has 1 aliphatic carbocycles. The zero-order chi connectivity index (χ0) is 18.4. The maximum atomic E-state index is 12.2. The number of unbranched alkanes of at least 4 members (excludes halogenated alkanes) is 1. The van der Waals surface area contributed by atoms with Crippen LogP contribution in [0.1, 0.15) is 92.9 Å². The first-order chi connectivity index (χ1) is 11.0. The first-order valence-electron chi connectivity index (χ1n) is 9.93. The van der Waals surface area contributed by atoms with Gasteiger partial charge in [0.25, 0.3) is 0 Å². The summed E-state index contributed by atoms with van der Waals surface area (Å²) in [5, 5.41) is 0. The summed E-state index contributed by atoms with van der Waals surface area (Å²) in [5.41, 5.74) is 6.43. The van der Waals surface area contributed by atoms with Crippen LogP contribution in [0.25, 0.3) is 0 Å². The van der Waals surface area contributed by atoms with Gasteiger partial charge in [-0.15, -0.1) is 0 Å². The lowest BCUT2D eigenvalue weighted by molar-refractivity contribution is -0.150. The van der Waals surface area contributed by atoms with Gasteiger partial charge in [-0.3, -0.25) is 4.79 Å². The van der Waals surface area contributed by atoms with Crippen LogP contribution < -0.4 is 5.73 Å². The fourth-order valence-electron chi connectivity index (χ4n) is 3.66. The molecule has 0 amide bonds. The van der Waals surface area contributed by atoms with Crippen molar-refractivity contribution < 1.29 is 9.53 Å². The van der Waals surface area contributed by atoms with E-state index in [2.05, 4.69) is 41.5 Å². The van der Waals surface area contributed by atoms with Gasteiger partial charge in [0.15, 0.2) is 0 Å². The number of hydrogen-bond donors (Lipinski definition) is 1. The number of rotatable bonds is 8. The molecule has 1 saturated carbocycles. The molecule has 1 fully saturated rings. The smallest absolute Gasteiger partial charge is 0.322 e. The van der Waals surface area contributed by atoms with Gasteiger partial charge in [-0.05, 0) is 42.9 Å². The SMILES string of the molecule is CC1CCC(C(C)(C)COC(=O)C(N)CCCCC(C)(C)C)CC1. The maximum absolute atomic E-state index is 12.2. The van der Waals surface area contributed by atoms with Crippen molar-refractivity contribution in [1.29, 1.82) is 0 Å². The van der Waals surface area contributed by atoms with Crippen LogP contribution in [0.15, 0.2) is 0 Å². The normalized spacial score (nSPS) is 23.8. The Kier molecular flexibility index (Phi) is 8.25. The van der Waals surface area contributed by atoms with Crippen molar-refractivity contribution in [2.75, 3.05) is 6.61 Å². The molecular formula is C21H41NO2. The van der Waals surface area contributed by atoms with Crippen LogP contribution in [-0.4, -0.2) is 18.6 Å². The number of nitrogens with two attached hydrogens (primary N) is 1. The molecule has 0 aromatic heterocycles. The molecule has 3 nitrogen and oxygen atoms in total. The largest absolute Gasteiger partial charge is 0.464 e. The number of esters is 1. The molecule has 0 heterocycles. The van der Waals surface area contributed by atoms with Crippen LogP contribution in [-0.2, 0) is 9.53 Å². The Balaban J connectivity index is 2.28. The first kappa shape index (κ1) is 21.5. The molecular weight excluding hydrogens is 298 g/mol. The summed E-state index contributed by atoms with van der Waals surface area (Å²) in [4.78, 5) is 12.2. The van der Waals surface area contributed by atoms with Gasteiger partial charge in [0.2, 0.25) is 0 Å². The van der Waals surface area contributed by atoms with Gasteiger partial charge in [0.05, 0.1) is 6.61 Å². The van der Waals surface area contributed by atoms with Gasteiger partial charge in [-0.2, -0.15) is 0 Å². The Hall–Kier alpha value is -0.570. The van der Waals surface area contributed by atoms with E-state index in [4.69, 9.17) is 10.5 Å². The van der Waals surface area contributed by atoms with Crippen molar-refractivity contribution in [3.05, 3.63) is 0 Å². The number of carbonyl (C=O) groups excluding carboxylic acids is 1. The molecule has 0 radical (unpaired) electrons. The predicted octanol–water partition coefficient (Wildman–Crippen LogP) is 5.32. The van der Waals surface area contributed by atoms with Gasteiger partial charge >= 0.3 is 5.97 Å². The van der Waals surface area contributed by atoms with E-state index in [1.54, 1.807) is 0 Å². The van der Waals surface area contributed by atoms with Crippen LogP contribution in [0.3, 0.4) is 0 Å². The molecule has 3 heteroatoms. The predicted molar refractivity (Wildman–Crippen MR) is 102 cm³/mol. The Morgan fingerprint density at radius 3 is 2.21 bits per heavy atom. The lowest BCUT2D eigenvalue weighted by Crippen LogP contribution is -2.37. The van der Waals surface area contributed by atoms with Gasteiger partial charge in [0.1, 0.15) is 6.04 Å². The van der Waals surface area contributed by atoms with Crippen molar-refractivity contribution in [2.45, 2.75) is 99.0 Å². The molecule has 1 atom stereocenters. The Morgan fingerprint density at radius 2 is 1.67 bits per heavy atom. The minimum absolute atomic E-state index is 0.0573. The van der Waals surface area contributed by atoms with Gasteiger partial charge in [0, 0.05) is 5.41 Å². The Bertz CT molecular complexity index is 376. The second kappa shape index (κ2) is 9.22. The minimum atomic E-state index is -0.466. The summed E-state index contributed by atoms with van der Waals surface area (Å²) in [5.74, 6) is 1.29. The number of hydrogen-bond acceptors (Lipinski definition) is 3. The highest BCUT2D eigenvalue weighted by molar-refractivity contribution is 5.75.